The summed E-state index contributed by atoms with van der Waals surface area (Å²) in [6.45, 7) is 0.475. The number of para-hydroxylation sites is 2. The average molecular weight is 334 g/mol. The molecule has 1 amide bonds. The quantitative estimate of drug-likeness (QED) is 0.762. The molecule has 0 radical (unpaired) electrons. The van der Waals surface area contributed by atoms with Crippen molar-refractivity contribution in [3.8, 4) is 0 Å². The highest BCUT2D eigenvalue weighted by Gasteiger charge is 2.08. The number of rotatable bonds is 4. The molecule has 1 heterocycles. The fourth-order valence-electron chi connectivity index (χ4n) is 2.21. The maximum atomic E-state index is 12.1. The second-order valence-electron chi connectivity index (χ2n) is 4.86. The van der Waals surface area contributed by atoms with E-state index in [2.05, 4.69) is 15.3 Å². The second kappa shape index (κ2) is 6.38. The Morgan fingerprint density at radius 2 is 1.86 bits per heavy atom. The van der Waals surface area contributed by atoms with Crippen molar-refractivity contribution in [2.24, 2.45) is 0 Å². The zero-order chi connectivity index (χ0) is 15.5. The van der Waals surface area contributed by atoms with Gasteiger partial charge in [-0.25, -0.2) is 4.98 Å². The number of carbonyl (C=O) groups excluding carboxylic acids is 1. The van der Waals surface area contributed by atoms with Gasteiger partial charge in [0.2, 0.25) is 0 Å². The minimum absolute atomic E-state index is 0.208. The van der Waals surface area contributed by atoms with Gasteiger partial charge in [-0.15, -0.1) is 0 Å². The van der Waals surface area contributed by atoms with Gasteiger partial charge in [0.15, 0.2) is 0 Å². The van der Waals surface area contributed by atoms with Crippen LogP contribution >= 0.6 is 23.2 Å². The highest BCUT2D eigenvalue weighted by atomic mass is 35.5. The van der Waals surface area contributed by atoms with Crippen LogP contribution in [-0.2, 0) is 6.42 Å². The third-order valence-electron chi connectivity index (χ3n) is 3.21. The number of nitrogens with zero attached hydrogens (tertiary/aromatic N) is 1. The molecule has 0 atom stereocenters. The molecule has 22 heavy (non-hydrogen) atoms. The smallest absolute Gasteiger partial charge is 0.251 e. The van der Waals surface area contributed by atoms with Crippen molar-refractivity contribution in [3.63, 3.8) is 0 Å². The minimum atomic E-state index is -0.208. The van der Waals surface area contributed by atoms with E-state index in [9.17, 15) is 4.79 Å². The van der Waals surface area contributed by atoms with Gasteiger partial charge in [0, 0.05) is 28.6 Å². The molecule has 2 aromatic carbocycles. The molecule has 0 unspecified atom stereocenters. The Morgan fingerprint density at radius 3 is 2.59 bits per heavy atom. The van der Waals surface area contributed by atoms with Gasteiger partial charge in [0.25, 0.3) is 5.91 Å². The summed E-state index contributed by atoms with van der Waals surface area (Å²) in [5, 5.41) is 3.71. The Bertz CT molecular complexity index is 776. The molecular weight excluding hydrogens is 321 g/mol. The van der Waals surface area contributed by atoms with Gasteiger partial charge in [-0.05, 0) is 30.3 Å². The van der Waals surface area contributed by atoms with Crippen LogP contribution in [0, 0.1) is 0 Å². The number of amides is 1. The maximum absolute atomic E-state index is 12.1. The van der Waals surface area contributed by atoms with Gasteiger partial charge in [-0.2, -0.15) is 0 Å². The van der Waals surface area contributed by atoms with Gasteiger partial charge in [-0.1, -0.05) is 35.3 Å². The molecule has 3 aromatic rings. The standard InChI is InChI=1S/C16H13Cl2N3O/c17-11-7-10(8-12(18)9-11)16(22)19-6-5-15-20-13-3-1-2-4-14(13)21-15/h1-4,7-9H,5-6H2,(H,19,22)(H,20,21). The average Bonchev–Trinajstić information content (AvgIpc) is 2.88. The molecular formula is C16H13Cl2N3O. The molecule has 6 heteroatoms. The summed E-state index contributed by atoms with van der Waals surface area (Å²) in [4.78, 5) is 19.7. The van der Waals surface area contributed by atoms with Crippen molar-refractivity contribution in [2.45, 2.75) is 6.42 Å². The van der Waals surface area contributed by atoms with Crippen LogP contribution in [0.15, 0.2) is 42.5 Å². The summed E-state index contributed by atoms with van der Waals surface area (Å²) >= 11 is 11.8. The van der Waals surface area contributed by atoms with Crippen LogP contribution in [0.2, 0.25) is 10.0 Å². The largest absolute Gasteiger partial charge is 0.352 e. The van der Waals surface area contributed by atoms with Crippen molar-refractivity contribution in [1.82, 2.24) is 15.3 Å². The first-order valence-corrected chi connectivity index (χ1v) is 7.55. The van der Waals surface area contributed by atoms with Gasteiger partial charge in [0.1, 0.15) is 5.82 Å². The first-order valence-electron chi connectivity index (χ1n) is 6.80. The number of halogens is 2. The van der Waals surface area contributed by atoms with Crippen molar-refractivity contribution in [2.75, 3.05) is 6.54 Å². The molecule has 0 spiro atoms. The summed E-state index contributed by atoms with van der Waals surface area (Å²) in [6.07, 6.45) is 0.620. The zero-order valence-electron chi connectivity index (χ0n) is 11.6. The Labute approximate surface area is 137 Å². The number of carbonyl (C=O) groups is 1. The fourth-order valence-corrected chi connectivity index (χ4v) is 2.73. The lowest BCUT2D eigenvalue weighted by Gasteiger charge is -2.05. The first kappa shape index (κ1) is 14.9. The van der Waals surface area contributed by atoms with Crippen molar-refractivity contribution in [3.05, 3.63) is 63.9 Å². The Hall–Kier alpha value is -2.04. The van der Waals surface area contributed by atoms with E-state index in [4.69, 9.17) is 23.2 Å². The van der Waals surface area contributed by atoms with Crippen LogP contribution in [-0.4, -0.2) is 22.4 Å². The van der Waals surface area contributed by atoms with Gasteiger partial charge >= 0.3 is 0 Å². The molecule has 0 aliphatic rings. The highest BCUT2D eigenvalue weighted by molar-refractivity contribution is 6.35. The summed E-state index contributed by atoms with van der Waals surface area (Å²) < 4.78 is 0. The number of fused-ring (bicyclic) bond motifs is 1. The molecule has 2 N–H and O–H groups in total. The fraction of sp³-hybridized carbons (Fsp3) is 0.125. The molecule has 0 bridgehead atoms. The normalized spacial score (nSPS) is 10.8. The van der Waals surface area contributed by atoms with E-state index in [1.54, 1.807) is 18.2 Å². The first-order chi connectivity index (χ1) is 10.6. The summed E-state index contributed by atoms with van der Waals surface area (Å²) in [5.74, 6) is 0.631. The molecule has 0 fully saturated rings. The molecule has 3 rings (SSSR count). The van der Waals surface area contributed by atoms with Crippen LogP contribution in [0.3, 0.4) is 0 Å². The van der Waals surface area contributed by atoms with Crippen LogP contribution in [0.25, 0.3) is 11.0 Å². The number of hydrogen-bond donors (Lipinski definition) is 2. The Balaban J connectivity index is 1.61. The van der Waals surface area contributed by atoms with Crippen LogP contribution < -0.4 is 5.32 Å². The molecule has 0 aliphatic heterocycles. The van der Waals surface area contributed by atoms with Crippen LogP contribution in [0.5, 0.6) is 0 Å². The Morgan fingerprint density at radius 1 is 1.14 bits per heavy atom. The number of nitrogens with one attached hydrogen (secondary N) is 2. The number of aromatic nitrogens is 2. The Kier molecular flexibility index (Phi) is 4.32. The predicted octanol–water partition coefficient (Wildman–Crippen LogP) is 3.84. The summed E-state index contributed by atoms with van der Waals surface area (Å²) in [6, 6.07) is 12.6. The lowest BCUT2D eigenvalue weighted by atomic mass is 10.2. The lowest BCUT2D eigenvalue weighted by Crippen LogP contribution is -2.25. The van der Waals surface area contributed by atoms with Gasteiger partial charge < -0.3 is 10.3 Å². The minimum Gasteiger partial charge on any atom is -0.352 e. The van der Waals surface area contributed by atoms with E-state index in [1.807, 2.05) is 24.3 Å². The van der Waals surface area contributed by atoms with E-state index in [1.165, 1.54) is 0 Å². The highest BCUT2D eigenvalue weighted by Crippen LogP contribution is 2.19. The number of imidazole rings is 1. The van der Waals surface area contributed by atoms with Gasteiger partial charge in [0.05, 0.1) is 11.0 Å². The summed E-state index contributed by atoms with van der Waals surface area (Å²) in [5.41, 5.74) is 2.36. The van der Waals surface area contributed by atoms with Crippen molar-refractivity contribution in [1.29, 1.82) is 0 Å². The molecule has 0 saturated carbocycles. The molecule has 0 saturated heterocycles. The van der Waals surface area contributed by atoms with Crippen LogP contribution in [0.1, 0.15) is 16.2 Å². The topological polar surface area (TPSA) is 57.8 Å². The lowest BCUT2D eigenvalue weighted by molar-refractivity contribution is 0.0954. The third-order valence-corrected chi connectivity index (χ3v) is 3.65. The third kappa shape index (κ3) is 3.40. The molecule has 4 nitrogen and oxygen atoms in total. The van der Waals surface area contributed by atoms with Gasteiger partial charge in [-0.3, -0.25) is 4.79 Å². The van der Waals surface area contributed by atoms with E-state index in [0.717, 1.165) is 16.9 Å². The number of benzene rings is 2. The van der Waals surface area contributed by atoms with E-state index in [-0.39, 0.29) is 5.91 Å². The van der Waals surface area contributed by atoms with E-state index >= 15 is 0 Å². The number of hydrogen-bond acceptors (Lipinski definition) is 2. The van der Waals surface area contributed by atoms with E-state index < -0.39 is 0 Å². The van der Waals surface area contributed by atoms with Crippen LogP contribution in [0.4, 0.5) is 0 Å². The monoisotopic (exact) mass is 333 g/mol. The molecule has 0 aliphatic carbocycles. The molecule has 1 aromatic heterocycles. The van der Waals surface area contributed by atoms with E-state index in [0.29, 0.717) is 28.6 Å². The number of H-pyrrole nitrogens is 1. The number of aromatic amines is 1. The summed E-state index contributed by atoms with van der Waals surface area (Å²) in [7, 11) is 0. The SMILES string of the molecule is O=C(NCCc1nc2ccccc2[nH]1)c1cc(Cl)cc(Cl)c1. The molecule has 112 valence electrons. The van der Waals surface area contributed by atoms with Crippen molar-refractivity contribution < 1.29 is 4.79 Å². The maximum Gasteiger partial charge on any atom is 0.251 e. The van der Waals surface area contributed by atoms with Crippen molar-refractivity contribution >= 4 is 40.1 Å². The predicted molar refractivity (Wildman–Crippen MR) is 88.6 cm³/mol. The second-order valence-corrected chi connectivity index (χ2v) is 5.74. The zero-order valence-corrected chi connectivity index (χ0v) is 13.1.